The van der Waals surface area contributed by atoms with E-state index in [4.69, 9.17) is 0 Å². The SMILES string of the molecule is O=C(Nc1ccccc1C(=O)C(F)(F)F)c1ccccn1. The maximum Gasteiger partial charge on any atom is 0.454 e. The van der Waals surface area contributed by atoms with Gasteiger partial charge in [-0.3, -0.25) is 14.6 Å². The fourth-order valence-corrected chi connectivity index (χ4v) is 1.63. The summed E-state index contributed by atoms with van der Waals surface area (Å²) < 4.78 is 37.5. The van der Waals surface area contributed by atoms with Crippen LogP contribution in [0, 0.1) is 0 Å². The Balaban J connectivity index is 2.30. The quantitative estimate of drug-likeness (QED) is 0.885. The molecule has 0 spiro atoms. The lowest BCUT2D eigenvalue weighted by atomic mass is 10.1. The number of amides is 1. The Hall–Kier alpha value is -2.70. The Morgan fingerprint density at radius 2 is 1.67 bits per heavy atom. The van der Waals surface area contributed by atoms with Gasteiger partial charge in [0.05, 0.1) is 11.3 Å². The van der Waals surface area contributed by atoms with Gasteiger partial charge in [-0.2, -0.15) is 13.2 Å². The van der Waals surface area contributed by atoms with Crippen LogP contribution in [0.2, 0.25) is 0 Å². The molecular formula is C14H9F3N2O2. The van der Waals surface area contributed by atoms with Gasteiger partial charge in [0.15, 0.2) is 0 Å². The van der Waals surface area contributed by atoms with E-state index >= 15 is 0 Å². The second-order valence-electron chi connectivity index (χ2n) is 4.04. The van der Waals surface area contributed by atoms with Crippen molar-refractivity contribution in [1.29, 1.82) is 0 Å². The smallest absolute Gasteiger partial charge is 0.320 e. The van der Waals surface area contributed by atoms with E-state index in [9.17, 15) is 22.8 Å². The molecule has 0 aliphatic heterocycles. The number of nitrogens with one attached hydrogen (secondary N) is 1. The molecule has 0 saturated heterocycles. The highest BCUT2D eigenvalue weighted by molar-refractivity contribution is 6.10. The van der Waals surface area contributed by atoms with Crippen molar-refractivity contribution in [2.24, 2.45) is 0 Å². The van der Waals surface area contributed by atoms with Gasteiger partial charge in [0.1, 0.15) is 5.69 Å². The van der Waals surface area contributed by atoms with Crippen LogP contribution in [0.3, 0.4) is 0 Å². The van der Waals surface area contributed by atoms with Gasteiger partial charge in [-0.15, -0.1) is 0 Å². The third kappa shape index (κ3) is 3.44. The molecule has 4 nitrogen and oxygen atoms in total. The predicted octanol–water partition coefficient (Wildman–Crippen LogP) is 3.08. The van der Waals surface area contributed by atoms with Crippen molar-refractivity contribution in [3.05, 3.63) is 59.9 Å². The molecule has 0 unspecified atom stereocenters. The minimum atomic E-state index is -5.01. The summed E-state index contributed by atoms with van der Waals surface area (Å²) in [4.78, 5) is 27.0. The first-order valence-corrected chi connectivity index (χ1v) is 5.82. The third-order valence-corrected chi connectivity index (χ3v) is 2.57. The Morgan fingerprint density at radius 1 is 1.00 bits per heavy atom. The fourth-order valence-electron chi connectivity index (χ4n) is 1.63. The van der Waals surface area contributed by atoms with E-state index in [2.05, 4.69) is 10.3 Å². The van der Waals surface area contributed by atoms with Crippen LogP contribution in [0.5, 0.6) is 0 Å². The Morgan fingerprint density at radius 3 is 2.29 bits per heavy atom. The molecule has 2 rings (SSSR count). The van der Waals surface area contributed by atoms with Gasteiger partial charge in [0.25, 0.3) is 11.7 Å². The number of benzene rings is 1. The maximum atomic E-state index is 12.5. The zero-order valence-electron chi connectivity index (χ0n) is 10.5. The molecule has 1 amide bonds. The number of hydrogen-bond acceptors (Lipinski definition) is 3. The number of nitrogens with zero attached hydrogens (tertiary/aromatic N) is 1. The largest absolute Gasteiger partial charge is 0.454 e. The number of halogens is 3. The normalized spacial score (nSPS) is 11.0. The van der Waals surface area contributed by atoms with Crippen LogP contribution in [0.15, 0.2) is 48.7 Å². The lowest BCUT2D eigenvalue weighted by molar-refractivity contribution is -0.0884. The highest BCUT2D eigenvalue weighted by atomic mass is 19.4. The highest BCUT2D eigenvalue weighted by Gasteiger charge is 2.40. The van der Waals surface area contributed by atoms with Gasteiger partial charge in [0.2, 0.25) is 0 Å². The first-order valence-electron chi connectivity index (χ1n) is 5.82. The highest BCUT2D eigenvalue weighted by Crippen LogP contribution is 2.26. The van der Waals surface area contributed by atoms with Crippen LogP contribution in [0.25, 0.3) is 0 Å². The van der Waals surface area contributed by atoms with Gasteiger partial charge in [-0.25, -0.2) is 0 Å². The summed E-state index contributed by atoms with van der Waals surface area (Å²) in [6, 6.07) is 9.50. The molecule has 0 aliphatic carbocycles. The van der Waals surface area contributed by atoms with Crippen LogP contribution >= 0.6 is 0 Å². The van der Waals surface area contributed by atoms with Crippen molar-refractivity contribution in [2.75, 3.05) is 5.32 Å². The van der Waals surface area contributed by atoms with Gasteiger partial charge in [-0.1, -0.05) is 18.2 Å². The summed E-state index contributed by atoms with van der Waals surface area (Å²) in [5.41, 5.74) is -0.795. The van der Waals surface area contributed by atoms with Crippen LogP contribution in [0.1, 0.15) is 20.8 Å². The zero-order chi connectivity index (χ0) is 15.5. The fraction of sp³-hybridized carbons (Fsp3) is 0.0714. The van der Waals surface area contributed by atoms with Crippen LogP contribution in [0.4, 0.5) is 18.9 Å². The van der Waals surface area contributed by atoms with Crippen molar-refractivity contribution in [3.63, 3.8) is 0 Å². The van der Waals surface area contributed by atoms with Crippen LogP contribution < -0.4 is 5.32 Å². The molecule has 0 bridgehead atoms. The summed E-state index contributed by atoms with van der Waals surface area (Å²) in [5.74, 6) is -2.71. The zero-order valence-corrected chi connectivity index (χ0v) is 10.5. The summed E-state index contributed by atoms with van der Waals surface area (Å²) in [6.07, 6.45) is -3.63. The number of carbonyl (C=O) groups excluding carboxylic acids is 2. The number of anilines is 1. The topological polar surface area (TPSA) is 59.1 Å². The molecule has 108 valence electrons. The van der Waals surface area contributed by atoms with E-state index < -0.39 is 23.4 Å². The number of Topliss-reactive ketones (excluding diaryl/α,β-unsaturated/α-hetero) is 1. The molecular weight excluding hydrogens is 285 g/mol. The molecule has 1 heterocycles. The maximum absolute atomic E-state index is 12.5. The molecule has 0 radical (unpaired) electrons. The molecule has 21 heavy (non-hydrogen) atoms. The number of aromatic nitrogens is 1. The lowest BCUT2D eigenvalue weighted by Gasteiger charge is -2.11. The van der Waals surface area contributed by atoms with Crippen LogP contribution in [-0.2, 0) is 0 Å². The van der Waals surface area contributed by atoms with E-state index in [1.165, 1.54) is 30.5 Å². The molecule has 1 N–H and O–H groups in total. The molecule has 0 fully saturated rings. The number of carbonyl (C=O) groups is 2. The van der Waals surface area contributed by atoms with Crippen molar-refractivity contribution in [2.45, 2.75) is 6.18 Å². The summed E-state index contributed by atoms with van der Waals surface area (Å²) in [7, 11) is 0. The third-order valence-electron chi connectivity index (χ3n) is 2.57. The molecule has 1 aromatic heterocycles. The number of para-hydroxylation sites is 1. The van der Waals surface area contributed by atoms with Gasteiger partial charge in [0, 0.05) is 6.20 Å². The monoisotopic (exact) mass is 294 g/mol. The van der Waals surface area contributed by atoms with E-state index in [1.807, 2.05) is 0 Å². The van der Waals surface area contributed by atoms with Gasteiger partial charge in [-0.05, 0) is 24.3 Å². The van der Waals surface area contributed by atoms with Crippen molar-refractivity contribution in [3.8, 4) is 0 Å². The average molecular weight is 294 g/mol. The van der Waals surface area contributed by atoms with Crippen molar-refractivity contribution < 1.29 is 22.8 Å². The van der Waals surface area contributed by atoms with E-state index in [-0.39, 0.29) is 11.4 Å². The van der Waals surface area contributed by atoms with E-state index in [0.717, 1.165) is 6.07 Å². The molecule has 7 heteroatoms. The lowest BCUT2D eigenvalue weighted by Crippen LogP contribution is -2.25. The minimum absolute atomic E-state index is 0.0340. The standard InChI is InChI=1S/C14H9F3N2O2/c15-14(16,17)12(20)9-5-1-2-6-10(9)19-13(21)11-7-3-4-8-18-11/h1-8H,(H,19,21). The first kappa shape index (κ1) is 14.7. The Kier molecular flexibility index (Phi) is 4.02. The van der Waals surface area contributed by atoms with Crippen molar-refractivity contribution in [1.82, 2.24) is 4.98 Å². The Bertz CT molecular complexity index is 669. The number of rotatable bonds is 3. The van der Waals surface area contributed by atoms with Gasteiger partial charge < -0.3 is 5.32 Å². The second-order valence-corrected chi connectivity index (χ2v) is 4.04. The second kappa shape index (κ2) is 5.74. The molecule has 1 aromatic carbocycles. The molecule has 2 aromatic rings. The number of hydrogen-bond donors (Lipinski definition) is 1. The summed E-state index contributed by atoms with van der Waals surface area (Å²) >= 11 is 0. The minimum Gasteiger partial charge on any atom is -0.320 e. The van der Waals surface area contributed by atoms with Crippen molar-refractivity contribution >= 4 is 17.4 Å². The van der Waals surface area contributed by atoms with Gasteiger partial charge >= 0.3 is 6.18 Å². The predicted molar refractivity (Wildman–Crippen MR) is 69.0 cm³/mol. The Labute approximate surface area is 117 Å². The number of alkyl halides is 3. The first-order chi connectivity index (χ1) is 9.89. The summed E-state index contributed by atoms with van der Waals surface area (Å²) in [6.45, 7) is 0. The number of pyridine rings is 1. The average Bonchev–Trinajstić information content (AvgIpc) is 2.47. The number of ketones is 1. The molecule has 0 saturated carbocycles. The van der Waals surface area contributed by atoms with E-state index in [1.54, 1.807) is 12.1 Å². The van der Waals surface area contributed by atoms with Crippen LogP contribution in [-0.4, -0.2) is 22.9 Å². The summed E-state index contributed by atoms with van der Waals surface area (Å²) in [5, 5.41) is 2.26. The molecule has 0 atom stereocenters. The van der Waals surface area contributed by atoms with E-state index in [0.29, 0.717) is 0 Å². The molecule has 0 aliphatic rings.